The highest BCUT2D eigenvalue weighted by Gasteiger charge is 2.15. The summed E-state index contributed by atoms with van der Waals surface area (Å²) in [7, 11) is 0. The largest absolute Gasteiger partial charge is 0.444 e. The Morgan fingerprint density at radius 3 is 1.41 bits per heavy atom. The summed E-state index contributed by atoms with van der Waals surface area (Å²) in [5.41, 5.74) is 9.95. The number of aromatic nitrogens is 3. The van der Waals surface area contributed by atoms with Crippen LogP contribution in [-0.4, -0.2) is 14.5 Å². The fraction of sp³-hybridized carbons (Fsp3) is 0. The molecule has 0 atom stereocenters. The smallest absolute Gasteiger partial charge is 0.181 e. The fourth-order valence-electron chi connectivity index (χ4n) is 5.65. The zero-order chi connectivity index (χ0) is 27.2. The summed E-state index contributed by atoms with van der Waals surface area (Å²) in [6.07, 6.45) is 6.42. The van der Waals surface area contributed by atoms with E-state index in [2.05, 4.69) is 118 Å². The molecule has 5 heteroatoms. The normalized spacial score (nSPS) is 11.4. The molecule has 0 bridgehead atoms. The van der Waals surface area contributed by atoms with E-state index in [0.717, 1.165) is 61.6 Å². The molecule has 0 aliphatic rings. The van der Waals surface area contributed by atoms with Gasteiger partial charge >= 0.3 is 0 Å². The minimum atomic E-state index is 0.756. The van der Waals surface area contributed by atoms with E-state index < -0.39 is 0 Å². The highest BCUT2D eigenvalue weighted by molar-refractivity contribution is 6.11. The number of hydrogen-bond donors (Lipinski definition) is 0. The maximum absolute atomic E-state index is 5.55. The molecule has 0 saturated carbocycles. The second-order valence-corrected chi connectivity index (χ2v) is 10.0. The highest BCUT2D eigenvalue weighted by atomic mass is 16.3. The van der Waals surface area contributed by atoms with Crippen LogP contribution in [-0.2, 0) is 0 Å². The lowest BCUT2D eigenvalue weighted by molar-refractivity contribution is 0.571. The van der Waals surface area contributed by atoms with Crippen LogP contribution in [0.2, 0.25) is 0 Å². The molecule has 0 fully saturated rings. The van der Waals surface area contributed by atoms with Crippen LogP contribution >= 0.6 is 0 Å². The molecule has 41 heavy (non-hydrogen) atoms. The van der Waals surface area contributed by atoms with Crippen LogP contribution in [0.25, 0.3) is 72.4 Å². The van der Waals surface area contributed by atoms with Gasteiger partial charge in [-0.25, -0.2) is 9.97 Å². The third-order valence-corrected chi connectivity index (χ3v) is 7.61. The second kappa shape index (κ2) is 9.50. The Hall–Kier alpha value is -5.68. The fourth-order valence-corrected chi connectivity index (χ4v) is 5.65. The van der Waals surface area contributed by atoms with Crippen LogP contribution in [0.3, 0.4) is 0 Å². The molecule has 8 rings (SSSR count). The molecule has 0 unspecified atom stereocenters. The van der Waals surface area contributed by atoms with Crippen molar-refractivity contribution in [2.24, 2.45) is 0 Å². The van der Waals surface area contributed by atoms with E-state index in [1.807, 2.05) is 12.1 Å². The standard InChI is InChI=1S/C36H23N3O2/c1-2-10-30(11-3-1)39-33-18-26(24-6-4-8-28(16-24)35-20-37-22-40-35)12-14-31(33)32-15-13-27(19-34(32)39)25-7-5-9-29(17-25)36-21-38-23-41-36/h1-23H. The first kappa shape index (κ1) is 23.2. The van der Waals surface area contributed by atoms with Gasteiger partial charge in [0.05, 0.1) is 23.4 Å². The van der Waals surface area contributed by atoms with E-state index in [0.29, 0.717) is 0 Å². The molecule has 8 aromatic rings. The average Bonchev–Trinajstić information content (AvgIpc) is 3.82. The minimum absolute atomic E-state index is 0.756. The van der Waals surface area contributed by atoms with E-state index in [1.165, 1.54) is 23.6 Å². The summed E-state index contributed by atoms with van der Waals surface area (Å²) in [5.74, 6) is 1.51. The van der Waals surface area contributed by atoms with Crippen LogP contribution in [0.5, 0.6) is 0 Å². The molecule has 0 saturated heterocycles. The lowest BCUT2D eigenvalue weighted by Gasteiger charge is -2.10. The van der Waals surface area contributed by atoms with Gasteiger partial charge in [-0.15, -0.1) is 0 Å². The number of oxazole rings is 2. The van der Waals surface area contributed by atoms with Gasteiger partial charge in [-0.3, -0.25) is 0 Å². The molecule has 3 aromatic heterocycles. The zero-order valence-electron chi connectivity index (χ0n) is 21.9. The number of fused-ring (bicyclic) bond motifs is 3. The maximum Gasteiger partial charge on any atom is 0.181 e. The van der Waals surface area contributed by atoms with Gasteiger partial charge < -0.3 is 13.4 Å². The van der Waals surface area contributed by atoms with Crippen molar-refractivity contribution in [2.45, 2.75) is 0 Å². The second-order valence-electron chi connectivity index (χ2n) is 10.0. The molecule has 5 aromatic carbocycles. The van der Waals surface area contributed by atoms with Crippen LogP contribution in [0.15, 0.2) is 149 Å². The Bertz CT molecular complexity index is 2010. The van der Waals surface area contributed by atoms with Gasteiger partial charge in [0.1, 0.15) is 0 Å². The third-order valence-electron chi connectivity index (χ3n) is 7.61. The van der Waals surface area contributed by atoms with Gasteiger partial charge in [0.15, 0.2) is 24.3 Å². The number of benzene rings is 5. The van der Waals surface area contributed by atoms with Crippen molar-refractivity contribution < 1.29 is 8.83 Å². The molecule has 0 amide bonds. The molecule has 0 spiro atoms. The molecule has 0 N–H and O–H groups in total. The van der Waals surface area contributed by atoms with E-state index >= 15 is 0 Å². The van der Waals surface area contributed by atoms with Crippen LogP contribution in [0.4, 0.5) is 0 Å². The monoisotopic (exact) mass is 529 g/mol. The zero-order valence-corrected chi connectivity index (χ0v) is 21.9. The molecule has 5 nitrogen and oxygen atoms in total. The third kappa shape index (κ3) is 4.03. The van der Waals surface area contributed by atoms with Crippen molar-refractivity contribution in [2.75, 3.05) is 0 Å². The molecule has 3 heterocycles. The first-order chi connectivity index (χ1) is 20.3. The predicted molar refractivity (Wildman–Crippen MR) is 163 cm³/mol. The van der Waals surface area contributed by atoms with E-state index in [9.17, 15) is 0 Å². The van der Waals surface area contributed by atoms with Crippen LogP contribution < -0.4 is 0 Å². The molecule has 0 aliphatic heterocycles. The van der Waals surface area contributed by atoms with E-state index in [-0.39, 0.29) is 0 Å². The number of hydrogen-bond acceptors (Lipinski definition) is 4. The van der Waals surface area contributed by atoms with Crippen LogP contribution in [0, 0.1) is 0 Å². The summed E-state index contributed by atoms with van der Waals surface area (Å²) < 4.78 is 13.5. The molecule has 194 valence electrons. The SMILES string of the molecule is c1ccc(-n2c3cc(-c4cccc(-c5cnco5)c4)ccc3c3ccc(-c4cccc(-c5cnco5)c4)cc32)cc1. The first-order valence-corrected chi connectivity index (χ1v) is 13.4. The van der Waals surface area contributed by atoms with E-state index in [1.54, 1.807) is 12.4 Å². The van der Waals surface area contributed by atoms with Crippen molar-refractivity contribution in [3.05, 3.63) is 140 Å². The molecular formula is C36H23N3O2. The molecular weight excluding hydrogens is 506 g/mol. The highest BCUT2D eigenvalue weighted by Crippen LogP contribution is 2.38. The van der Waals surface area contributed by atoms with Gasteiger partial charge in [0, 0.05) is 27.6 Å². The van der Waals surface area contributed by atoms with Crippen molar-refractivity contribution in [1.82, 2.24) is 14.5 Å². The predicted octanol–water partition coefficient (Wildman–Crippen LogP) is 9.43. The van der Waals surface area contributed by atoms with Gasteiger partial charge in [0.2, 0.25) is 0 Å². The Morgan fingerprint density at radius 1 is 0.439 bits per heavy atom. The van der Waals surface area contributed by atoms with Crippen molar-refractivity contribution in [3.8, 4) is 50.6 Å². The maximum atomic E-state index is 5.55. The Balaban J connectivity index is 1.32. The van der Waals surface area contributed by atoms with Gasteiger partial charge in [-0.1, -0.05) is 78.9 Å². The summed E-state index contributed by atoms with van der Waals surface area (Å²) in [6.45, 7) is 0. The lowest BCUT2D eigenvalue weighted by Crippen LogP contribution is -1.94. The number of rotatable bonds is 5. The number of para-hydroxylation sites is 1. The van der Waals surface area contributed by atoms with E-state index in [4.69, 9.17) is 8.83 Å². The van der Waals surface area contributed by atoms with Crippen LogP contribution in [0.1, 0.15) is 0 Å². The lowest BCUT2D eigenvalue weighted by atomic mass is 9.99. The molecule has 0 aliphatic carbocycles. The van der Waals surface area contributed by atoms with Gasteiger partial charge in [-0.2, -0.15) is 0 Å². The minimum Gasteiger partial charge on any atom is -0.444 e. The number of nitrogens with zero attached hydrogens (tertiary/aromatic N) is 3. The Kier molecular flexibility index (Phi) is 5.38. The first-order valence-electron chi connectivity index (χ1n) is 13.4. The topological polar surface area (TPSA) is 57.0 Å². The molecule has 0 radical (unpaired) electrons. The summed E-state index contributed by atoms with van der Waals surface area (Å²) in [4.78, 5) is 8.16. The summed E-state index contributed by atoms with van der Waals surface area (Å²) in [5, 5.41) is 2.42. The Labute approximate surface area is 236 Å². The van der Waals surface area contributed by atoms with Crippen molar-refractivity contribution in [1.29, 1.82) is 0 Å². The van der Waals surface area contributed by atoms with Crippen molar-refractivity contribution in [3.63, 3.8) is 0 Å². The summed E-state index contributed by atoms with van der Waals surface area (Å²) in [6, 6.07) is 40.8. The van der Waals surface area contributed by atoms with Gasteiger partial charge in [0.25, 0.3) is 0 Å². The quantitative estimate of drug-likeness (QED) is 0.223. The van der Waals surface area contributed by atoms with Crippen molar-refractivity contribution >= 4 is 21.8 Å². The van der Waals surface area contributed by atoms with Gasteiger partial charge in [-0.05, 0) is 58.7 Å². The summed E-state index contributed by atoms with van der Waals surface area (Å²) >= 11 is 0. The Morgan fingerprint density at radius 2 is 0.927 bits per heavy atom. The average molecular weight is 530 g/mol.